The minimum Gasteiger partial charge on any atom is -0.342 e. The predicted octanol–water partition coefficient (Wildman–Crippen LogP) is 0.310. The lowest BCUT2D eigenvalue weighted by Crippen LogP contribution is -2.70. The van der Waals surface area contributed by atoms with Crippen molar-refractivity contribution in [3.63, 3.8) is 0 Å². The van der Waals surface area contributed by atoms with E-state index in [1.54, 1.807) is 4.90 Å². The smallest absolute Gasteiger partial charge is 0.246 e. The average molecular weight is 267 g/mol. The number of nitrogens with zero attached hydrogens (tertiary/aromatic N) is 2. The number of fused-ring (bicyclic) bond motifs is 1. The van der Waals surface area contributed by atoms with Gasteiger partial charge < -0.3 is 10.2 Å². The van der Waals surface area contributed by atoms with Gasteiger partial charge in [-0.2, -0.15) is 0 Å². The summed E-state index contributed by atoms with van der Waals surface area (Å²) in [5.41, 5.74) is 0. The van der Waals surface area contributed by atoms with Crippen molar-refractivity contribution in [2.45, 2.75) is 39.8 Å². The second kappa shape index (κ2) is 5.49. The molecule has 0 saturated carbocycles. The SMILES string of the molecule is CC(C)CN1CCN2C(=O)[C@@H](C(C)C)NC(=O)[C@H]2C1. The van der Waals surface area contributed by atoms with Crippen molar-refractivity contribution in [2.24, 2.45) is 11.8 Å². The zero-order chi connectivity index (χ0) is 14.2. The van der Waals surface area contributed by atoms with Gasteiger partial charge in [-0.1, -0.05) is 27.7 Å². The molecule has 0 spiro atoms. The minimum atomic E-state index is -0.347. The number of hydrogen-bond acceptors (Lipinski definition) is 3. The van der Waals surface area contributed by atoms with Crippen LogP contribution in [-0.2, 0) is 9.59 Å². The van der Waals surface area contributed by atoms with E-state index in [0.29, 0.717) is 19.0 Å². The summed E-state index contributed by atoms with van der Waals surface area (Å²) in [6.45, 7) is 11.5. The number of hydrogen-bond donors (Lipinski definition) is 1. The number of carbonyl (C=O) groups is 2. The third kappa shape index (κ3) is 2.91. The summed E-state index contributed by atoms with van der Waals surface area (Å²) < 4.78 is 0. The highest BCUT2D eigenvalue weighted by atomic mass is 16.2. The van der Waals surface area contributed by atoms with Crippen molar-refractivity contribution in [3.8, 4) is 0 Å². The second-order valence-corrected chi connectivity index (χ2v) is 6.43. The largest absolute Gasteiger partial charge is 0.342 e. The zero-order valence-electron chi connectivity index (χ0n) is 12.3. The van der Waals surface area contributed by atoms with E-state index in [0.717, 1.165) is 13.1 Å². The van der Waals surface area contributed by atoms with Crippen molar-refractivity contribution in [1.29, 1.82) is 0 Å². The first-order chi connectivity index (χ1) is 8.90. The third-order valence-electron chi connectivity index (χ3n) is 3.90. The number of rotatable bonds is 3. The van der Waals surface area contributed by atoms with Gasteiger partial charge in [0, 0.05) is 26.2 Å². The summed E-state index contributed by atoms with van der Waals surface area (Å²) in [6.07, 6.45) is 0. The van der Waals surface area contributed by atoms with Crippen LogP contribution in [-0.4, -0.2) is 59.9 Å². The Bertz CT molecular complexity index is 368. The molecule has 2 atom stereocenters. The highest BCUT2D eigenvalue weighted by Crippen LogP contribution is 2.19. The molecule has 19 heavy (non-hydrogen) atoms. The summed E-state index contributed by atoms with van der Waals surface area (Å²) >= 11 is 0. The van der Waals surface area contributed by atoms with Gasteiger partial charge in [0.1, 0.15) is 12.1 Å². The Kier molecular flexibility index (Phi) is 4.13. The predicted molar refractivity (Wildman–Crippen MR) is 73.5 cm³/mol. The molecule has 2 aliphatic heterocycles. The summed E-state index contributed by atoms with van der Waals surface area (Å²) in [5.74, 6) is 0.818. The number of piperazine rings is 2. The molecule has 108 valence electrons. The van der Waals surface area contributed by atoms with Crippen molar-refractivity contribution in [3.05, 3.63) is 0 Å². The van der Waals surface area contributed by atoms with Gasteiger partial charge >= 0.3 is 0 Å². The lowest BCUT2D eigenvalue weighted by atomic mass is 9.96. The van der Waals surface area contributed by atoms with Crippen LogP contribution >= 0.6 is 0 Å². The third-order valence-corrected chi connectivity index (χ3v) is 3.90. The van der Waals surface area contributed by atoms with Crippen molar-refractivity contribution in [2.75, 3.05) is 26.2 Å². The Hall–Kier alpha value is -1.10. The van der Waals surface area contributed by atoms with Gasteiger partial charge in [0.15, 0.2) is 0 Å². The molecule has 0 aliphatic carbocycles. The van der Waals surface area contributed by atoms with Crippen LogP contribution in [0.5, 0.6) is 0 Å². The molecular formula is C14H25N3O2. The fourth-order valence-corrected chi connectivity index (χ4v) is 2.95. The maximum absolute atomic E-state index is 12.4. The fraction of sp³-hybridized carbons (Fsp3) is 0.857. The molecule has 2 fully saturated rings. The molecule has 0 aromatic heterocycles. The molecule has 2 heterocycles. The quantitative estimate of drug-likeness (QED) is 0.801. The first kappa shape index (κ1) is 14.3. The maximum Gasteiger partial charge on any atom is 0.246 e. The van der Waals surface area contributed by atoms with Crippen LogP contribution in [0.4, 0.5) is 0 Å². The lowest BCUT2D eigenvalue weighted by molar-refractivity contribution is -0.154. The molecular weight excluding hydrogens is 242 g/mol. The molecule has 0 radical (unpaired) electrons. The van der Waals surface area contributed by atoms with E-state index in [1.165, 1.54) is 0 Å². The molecule has 2 amide bonds. The van der Waals surface area contributed by atoms with Gasteiger partial charge in [-0.25, -0.2) is 0 Å². The van der Waals surface area contributed by atoms with E-state index in [1.807, 2.05) is 13.8 Å². The molecule has 2 rings (SSSR count). The van der Waals surface area contributed by atoms with Crippen LogP contribution in [0.25, 0.3) is 0 Å². The van der Waals surface area contributed by atoms with Crippen LogP contribution in [0.2, 0.25) is 0 Å². The highest BCUT2D eigenvalue weighted by molar-refractivity contribution is 5.97. The molecule has 0 aromatic carbocycles. The minimum absolute atomic E-state index is 0.00626. The summed E-state index contributed by atoms with van der Waals surface area (Å²) in [4.78, 5) is 28.6. The van der Waals surface area contributed by atoms with Gasteiger partial charge in [-0.3, -0.25) is 14.5 Å². The van der Waals surface area contributed by atoms with Crippen LogP contribution in [0.3, 0.4) is 0 Å². The van der Waals surface area contributed by atoms with Gasteiger partial charge in [-0.05, 0) is 11.8 Å². The topological polar surface area (TPSA) is 52.6 Å². The summed E-state index contributed by atoms with van der Waals surface area (Å²) in [7, 11) is 0. The molecule has 5 nitrogen and oxygen atoms in total. The van der Waals surface area contributed by atoms with Crippen molar-refractivity contribution >= 4 is 11.8 Å². The van der Waals surface area contributed by atoms with Crippen molar-refractivity contribution < 1.29 is 9.59 Å². The lowest BCUT2D eigenvalue weighted by Gasteiger charge is -2.46. The Morgan fingerprint density at radius 1 is 1.21 bits per heavy atom. The summed E-state index contributed by atoms with van der Waals surface area (Å²) in [5, 5.41) is 2.88. The zero-order valence-corrected chi connectivity index (χ0v) is 12.3. The first-order valence-corrected chi connectivity index (χ1v) is 7.23. The van der Waals surface area contributed by atoms with E-state index >= 15 is 0 Å². The average Bonchev–Trinajstić information content (AvgIpc) is 2.32. The molecule has 0 unspecified atom stereocenters. The van der Waals surface area contributed by atoms with Gasteiger partial charge in [-0.15, -0.1) is 0 Å². The van der Waals surface area contributed by atoms with E-state index in [2.05, 4.69) is 24.1 Å². The number of amides is 2. The monoisotopic (exact) mass is 267 g/mol. The molecule has 2 aliphatic rings. The molecule has 0 aromatic rings. The van der Waals surface area contributed by atoms with E-state index in [4.69, 9.17) is 0 Å². The summed E-state index contributed by atoms with van der Waals surface area (Å²) in [6, 6.07) is -0.643. The fourth-order valence-electron chi connectivity index (χ4n) is 2.95. The van der Waals surface area contributed by atoms with E-state index < -0.39 is 0 Å². The highest BCUT2D eigenvalue weighted by Gasteiger charge is 2.44. The molecule has 1 N–H and O–H groups in total. The van der Waals surface area contributed by atoms with Crippen LogP contribution in [0.15, 0.2) is 0 Å². The normalized spacial score (nSPS) is 28.8. The van der Waals surface area contributed by atoms with Crippen LogP contribution in [0.1, 0.15) is 27.7 Å². The Labute approximate surface area is 115 Å². The Balaban J connectivity index is 2.07. The molecule has 2 saturated heterocycles. The van der Waals surface area contributed by atoms with Crippen LogP contribution in [0, 0.1) is 11.8 Å². The maximum atomic E-state index is 12.4. The number of nitrogens with one attached hydrogen (secondary N) is 1. The van der Waals surface area contributed by atoms with Crippen LogP contribution < -0.4 is 5.32 Å². The van der Waals surface area contributed by atoms with E-state index in [9.17, 15) is 9.59 Å². The molecule has 0 bridgehead atoms. The van der Waals surface area contributed by atoms with Crippen molar-refractivity contribution in [1.82, 2.24) is 15.1 Å². The van der Waals surface area contributed by atoms with E-state index in [-0.39, 0.29) is 29.8 Å². The van der Waals surface area contributed by atoms with Gasteiger partial charge in [0.2, 0.25) is 11.8 Å². The number of carbonyl (C=O) groups excluding carboxylic acids is 2. The first-order valence-electron chi connectivity index (χ1n) is 7.23. The standard InChI is InChI=1S/C14H25N3O2/c1-9(2)7-16-5-6-17-11(8-16)13(18)15-12(10(3)4)14(17)19/h9-12H,5-8H2,1-4H3,(H,15,18)/t11-,12-/m1/s1. The van der Waals surface area contributed by atoms with Gasteiger partial charge in [0.25, 0.3) is 0 Å². The Morgan fingerprint density at radius 2 is 1.89 bits per heavy atom. The van der Waals surface area contributed by atoms with Gasteiger partial charge in [0.05, 0.1) is 0 Å². The molecule has 5 heteroatoms. The Morgan fingerprint density at radius 3 is 2.47 bits per heavy atom. The second-order valence-electron chi connectivity index (χ2n) is 6.43.